The summed E-state index contributed by atoms with van der Waals surface area (Å²) in [6, 6.07) is 13.7. The molecule has 0 atom stereocenters. The molecule has 188 valence electrons. The molecule has 0 saturated carbocycles. The zero-order valence-corrected chi connectivity index (χ0v) is 21.2. The summed E-state index contributed by atoms with van der Waals surface area (Å²) in [6.45, 7) is 5.36. The number of ether oxygens (including phenoxy) is 4. The molecule has 0 aliphatic rings. The average molecular weight is 501 g/mol. The number of rotatable bonds is 14. The van der Waals surface area contributed by atoms with Gasteiger partial charge in [0.25, 0.3) is 0 Å². The van der Waals surface area contributed by atoms with Crippen molar-refractivity contribution in [1.82, 2.24) is 0 Å². The highest BCUT2D eigenvalue weighted by molar-refractivity contribution is 6.31. The summed E-state index contributed by atoms with van der Waals surface area (Å²) in [4.78, 5) is 23.1. The van der Waals surface area contributed by atoms with Gasteiger partial charge in [-0.15, -0.1) is 0 Å². The molecule has 3 aromatic rings. The number of benzene rings is 3. The van der Waals surface area contributed by atoms with Crippen LogP contribution < -0.4 is 9.47 Å². The number of halogens is 1. The van der Waals surface area contributed by atoms with E-state index in [2.05, 4.69) is 0 Å². The Labute approximate surface area is 211 Å². The standard InChI is InChI=1S/C28H33ClO6/c1-3-32-25(30)13-7-9-17-34-27-21-11-5-6-12-22(21)28(24-19-20(29)15-16-23(24)27)35-18-10-8-14-26(31)33-4-2/h5-6,11-12,15-16,19H,3-4,7-10,13-14,17-18H2,1-2H3. The van der Waals surface area contributed by atoms with Gasteiger partial charge in [-0.2, -0.15) is 0 Å². The summed E-state index contributed by atoms with van der Waals surface area (Å²) in [5, 5.41) is 4.30. The Balaban J connectivity index is 1.78. The molecule has 0 heterocycles. The van der Waals surface area contributed by atoms with E-state index in [1.165, 1.54) is 0 Å². The SMILES string of the molecule is CCOC(=O)CCCCOc1c2ccccc2c(OCCCCC(=O)OCC)c2cc(Cl)ccc12. The van der Waals surface area contributed by atoms with Gasteiger partial charge in [-0.3, -0.25) is 9.59 Å². The van der Waals surface area contributed by atoms with Crippen LogP contribution in [0.25, 0.3) is 21.5 Å². The third-order valence-electron chi connectivity index (χ3n) is 5.54. The van der Waals surface area contributed by atoms with Gasteiger partial charge in [-0.05, 0) is 57.7 Å². The first-order valence-electron chi connectivity index (χ1n) is 12.3. The van der Waals surface area contributed by atoms with E-state index in [4.69, 9.17) is 30.5 Å². The van der Waals surface area contributed by atoms with Crippen LogP contribution >= 0.6 is 11.6 Å². The Morgan fingerprint density at radius 3 is 1.69 bits per heavy atom. The molecule has 3 rings (SSSR count). The largest absolute Gasteiger partial charge is 0.492 e. The van der Waals surface area contributed by atoms with Crippen LogP contribution in [0.2, 0.25) is 5.02 Å². The average Bonchev–Trinajstić information content (AvgIpc) is 2.84. The topological polar surface area (TPSA) is 71.1 Å². The second-order valence-corrected chi connectivity index (χ2v) is 8.55. The van der Waals surface area contributed by atoms with E-state index in [9.17, 15) is 9.59 Å². The van der Waals surface area contributed by atoms with E-state index in [0.29, 0.717) is 57.1 Å². The van der Waals surface area contributed by atoms with Crippen LogP contribution in [0.15, 0.2) is 42.5 Å². The molecule has 0 bridgehead atoms. The zero-order chi connectivity index (χ0) is 25.0. The minimum Gasteiger partial charge on any atom is -0.492 e. The summed E-state index contributed by atoms with van der Waals surface area (Å²) >= 11 is 6.35. The molecule has 3 aromatic carbocycles. The van der Waals surface area contributed by atoms with Crippen LogP contribution in [0.3, 0.4) is 0 Å². The van der Waals surface area contributed by atoms with Crippen LogP contribution in [-0.4, -0.2) is 38.4 Å². The van der Waals surface area contributed by atoms with Gasteiger partial charge < -0.3 is 18.9 Å². The van der Waals surface area contributed by atoms with Crippen LogP contribution in [0.5, 0.6) is 11.5 Å². The van der Waals surface area contributed by atoms with Gasteiger partial charge in [0.05, 0.1) is 26.4 Å². The number of carbonyl (C=O) groups excluding carboxylic acids is 2. The third-order valence-corrected chi connectivity index (χ3v) is 5.78. The predicted molar refractivity (Wildman–Crippen MR) is 138 cm³/mol. The van der Waals surface area contributed by atoms with E-state index >= 15 is 0 Å². The van der Waals surface area contributed by atoms with Gasteiger partial charge in [-0.25, -0.2) is 0 Å². The summed E-state index contributed by atoms with van der Waals surface area (Å²) in [5.74, 6) is 1.17. The fourth-order valence-corrected chi connectivity index (χ4v) is 4.11. The van der Waals surface area contributed by atoms with Crippen molar-refractivity contribution in [1.29, 1.82) is 0 Å². The second kappa shape index (κ2) is 13.8. The van der Waals surface area contributed by atoms with Crippen molar-refractivity contribution < 1.29 is 28.5 Å². The molecule has 0 aliphatic carbocycles. The molecular formula is C28H33ClO6. The number of hydrogen-bond donors (Lipinski definition) is 0. The molecule has 35 heavy (non-hydrogen) atoms. The van der Waals surface area contributed by atoms with Crippen molar-refractivity contribution in [3.8, 4) is 11.5 Å². The van der Waals surface area contributed by atoms with E-state index in [-0.39, 0.29) is 11.9 Å². The first kappa shape index (κ1) is 26.6. The Morgan fingerprint density at radius 2 is 1.17 bits per heavy atom. The summed E-state index contributed by atoms with van der Waals surface area (Å²) in [5.41, 5.74) is 0. The molecule has 0 radical (unpaired) electrons. The van der Waals surface area contributed by atoms with Gasteiger partial charge in [0.15, 0.2) is 0 Å². The molecule has 0 spiro atoms. The van der Waals surface area contributed by atoms with E-state index in [0.717, 1.165) is 45.9 Å². The lowest BCUT2D eigenvalue weighted by Gasteiger charge is -2.18. The number of carbonyl (C=O) groups is 2. The molecule has 0 N–H and O–H groups in total. The van der Waals surface area contributed by atoms with Crippen LogP contribution in [0.4, 0.5) is 0 Å². The summed E-state index contributed by atoms with van der Waals surface area (Å²) in [7, 11) is 0. The maximum atomic E-state index is 11.6. The predicted octanol–water partition coefficient (Wildman–Crippen LogP) is 6.87. The molecule has 0 aliphatic heterocycles. The lowest BCUT2D eigenvalue weighted by molar-refractivity contribution is -0.144. The molecular weight excluding hydrogens is 468 g/mol. The Hall–Kier alpha value is -2.99. The smallest absolute Gasteiger partial charge is 0.305 e. The maximum absolute atomic E-state index is 11.6. The van der Waals surface area contributed by atoms with Crippen molar-refractivity contribution in [2.45, 2.75) is 52.4 Å². The van der Waals surface area contributed by atoms with Crippen molar-refractivity contribution in [2.75, 3.05) is 26.4 Å². The Kier molecular flexibility index (Phi) is 10.5. The highest BCUT2D eigenvalue weighted by Crippen LogP contribution is 2.43. The van der Waals surface area contributed by atoms with Gasteiger partial charge in [0.1, 0.15) is 11.5 Å². The summed E-state index contributed by atoms with van der Waals surface area (Å²) in [6.07, 6.45) is 3.63. The van der Waals surface area contributed by atoms with E-state index in [1.54, 1.807) is 13.8 Å². The highest BCUT2D eigenvalue weighted by Gasteiger charge is 2.17. The van der Waals surface area contributed by atoms with E-state index < -0.39 is 0 Å². The number of hydrogen-bond acceptors (Lipinski definition) is 6. The molecule has 0 fully saturated rings. The molecule has 0 saturated heterocycles. The Bertz CT molecular complexity index is 1140. The van der Waals surface area contributed by atoms with Gasteiger partial charge >= 0.3 is 11.9 Å². The van der Waals surface area contributed by atoms with Crippen molar-refractivity contribution in [2.24, 2.45) is 0 Å². The second-order valence-electron chi connectivity index (χ2n) is 8.11. The molecule has 6 nitrogen and oxygen atoms in total. The fourth-order valence-electron chi connectivity index (χ4n) is 3.94. The number of esters is 2. The quantitative estimate of drug-likeness (QED) is 0.137. The summed E-state index contributed by atoms with van der Waals surface area (Å²) < 4.78 is 22.5. The van der Waals surface area contributed by atoms with Gasteiger partial charge in [0, 0.05) is 39.4 Å². The first-order valence-corrected chi connectivity index (χ1v) is 12.6. The fraction of sp³-hybridized carbons (Fsp3) is 0.429. The number of unbranched alkanes of at least 4 members (excludes halogenated alkanes) is 2. The lowest BCUT2D eigenvalue weighted by atomic mass is 10.0. The van der Waals surface area contributed by atoms with Crippen LogP contribution in [0.1, 0.15) is 52.4 Å². The lowest BCUT2D eigenvalue weighted by Crippen LogP contribution is -2.06. The molecule has 0 unspecified atom stereocenters. The third kappa shape index (κ3) is 7.49. The zero-order valence-electron chi connectivity index (χ0n) is 20.4. The van der Waals surface area contributed by atoms with Crippen molar-refractivity contribution >= 4 is 45.1 Å². The van der Waals surface area contributed by atoms with Crippen LogP contribution in [0, 0.1) is 0 Å². The van der Waals surface area contributed by atoms with E-state index in [1.807, 2.05) is 42.5 Å². The molecule has 0 aromatic heterocycles. The first-order chi connectivity index (χ1) is 17.0. The highest BCUT2D eigenvalue weighted by atomic mass is 35.5. The van der Waals surface area contributed by atoms with Crippen LogP contribution in [-0.2, 0) is 19.1 Å². The normalized spacial score (nSPS) is 10.9. The van der Waals surface area contributed by atoms with Gasteiger partial charge in [-0.1, -0.05) is 35.9 Å². The Morgan fingerprint density at radius 1 is 0.686 bits per heavy atom. The number of fused-ring (bicyclic) bond motifs is 2. The van der Waals surface area contributed by atoms with Crippen molar-refractivity contribution in [3.05, 3.63) is 47.5 Å². The monoisotopic (exact) mass is 500 g/mol. The molecule has 0 amide bonds. The molecule has 7 heteroatoms. The van der Waals surface area contributed by atoms with Gasteiger partial charge in [0.2, 0.25) is 0 Å². The minimum atomic E-state index is -0.182. The van der Waals surface area contributed by atoms with Crippen molar-refractivity contribution in [3.63, 3.8) is 0 Å². The maximum Gasteiger partial charge on any atom is 0.305 e. The minimum absolute atomic E-state index is 0.179.